The summed E-state index contributed by atoms with van der Waals surface area (Å²) in [6, 6.07) is 9.11. The highest BCUT2D eigenvalue weighted by atomic mass is 35.5. The monoisotopic (exact) mass is 417 g/mol. The Bertz CT molecular complexity index is 924. The van der Waals surface area contributed by atoms with Gasteiger partial charge in [0.05, 0.1) is 19.2 Å². The molecular formula is C22H24ClNO5. The standard InChI is InChI=1S/C22H24ClNO5/c1-5-16-8-6-7-14(2)21(16)24-19(25)13-29-20(26)10-9-15-11-17(23)22(28-4)18(12-15)27-3/h6-12H,5,13H2,1-4H3,(H,24,25)/b10-9+. The zero-order valence-corrected chi connectivity index (χ0v) is 17.6. The van der Waals surface area contributed by atoms with Crippen molar-refractivity contribution in [3.63, 3.8) is 0 Å². The first-order valence-corrected chi connectivity index (χ1v) is 9.42. The van der Waals surface area contributed by atoms with E-state index >= 15 is 0 Å². The maximum absolute atomic E-state index is 12.1. The molecule has 2 aromatic carbocycles. The lowest BCUT2D eigenvalue weighted by molar-refractivity contribution is -0.142. The first-order chi connectivity index (χ1) is 13.9. The normalized spacial score (nSPS) is 10.7. The smallest absolute Gasteiger partial charge is 0.331 e. The van der Waals surface area contributed by atoms with Crippen molar-refractivity contribution in [3.8, 4) is 11.5 Å². The Hall–Kier alpha value is -2.99. The molecule has 0 saturated carbocycles. The van der Waals surface area contributed by atoms with E-state index < -0.39 is 11.9 Å². The summed E-state index contributed by atoms with van der Waals surface area (Å²) >= 11 is 6.14. The minimum absolute atomic E-state index is 0.351. The summed E-state index contributed by atoms with van der Waals surface area (Å²) in [7, 11) is 2.98. The molecule has 1 N–H and O–H groups in total. The second kappa shape index (κ2) is 10.5. The molecule has 0 aliphatic rings. The topological polar surface area (TPSA) is 73.9 Å². The Morgan fingerprint density at radius 3 is 2.59 bits per heavy atom. The number of benzene rings is 2. The number of methoxy groups -OCH3 is 2. The molecule has 7 heteroatoms. The van der Waals surface area contributed by atoms with Crippen molar-refractivity contribution < 1.29 is 23.8 Å². The molecule has 0 atom stereocenters. The molecule has 6 nitrogen and oxygen atoms in total. The number of hydrogen-bond acceptors (Lipinski definition) is 5. The van der Waals surface area contributed by atoms with Crippen molar-refractivity contribution in [2.24, 2.45) is 0 Å². The van der Waals surface area contributed by atoms with Crippen LogP contribution in [0.3, 0.4) is 0 Å². The van der Waals surface area contributed by atoms with Crippen molar-refractivity contribution in [3.05, 3.63) is 58.1 Å². The Morgan fingerprint density at radius 1 is 1.17 bits per heavy atom. The SMILES string of the molecule is CCc1cccc(C)c1NC(=O)COC(=O)/C=C/c1cc(Cl)c(OC)c(OC)c1. The predicted octanol–water partition coefficient (Wildman–Crippen LogP) is 4.42. The van der Waals surface area contributed by atoms with E-state index in [0.717, 1.165) is 23.2 Å². The summed E-state index contributed by atoms with van der Waals surface area (Å²) in [5, 5.41) is 3.16. The van der Waals surface area contributed by atoms with Gasteiger partial charge in [-0.1, -0.05) is 36.7 Å². The first-order valence-electron chi connectivity index (χ1n) is 9.04. The number of rotatable bonds is 8. The zero-order valence-electron chi connectivity index (χ0n) is 16.9. The number of nitrogens with one attached hydrogen (secondary N) is 1. The number of anilines is 1. The van der Waals surface area contributed by atoms with E-state index in [0.29, 0.717) is 22.1 Å². The van der Waals surface area contributed by atoms with E-state index in [-0.39, 0.29) is 6.61 Å². The molecule has 0 unspecified atom stereocenters. The van der Waals surface area contributed by atoms with Gasteiger partial charge in [0.1, 0.15) is 0 Å². The molecule has 0 aliphatic heterocycles. The van der Waals surface area contributed by atoms with E-state index in [1.807, 2.05) is 32.0 Å². The van der Waals surface area contributed by atoms with Gasteiger partial charge in [0.15, 0.2) is 18.1 Å². The fraction of sp³-hybridized carbons (Fsp3) is 0.273. The Morgan fingerprint density at radius 2 is 1.93 bits per heavy atom. The number of para-hydroxylation sites is 1. The minimum atomic E-state index is -0.647. The summed E-state index contributed by atoms with van der Waals surface area (Å²) in [5.74, 6) is -0.193. The maximum Gasteiger partial charge on any atom is 0.331 e. The number of esters is 1. The van der Waals surface area contributed by atoms with E-state index in [1.54, 1.807) is 12.1 Å². The molecule has 154 valence electrons. The third-order valence-electron chi connectivity index (χ3n) is 4.22. The van der Waals surface area contributed by atoms with E-state index in [1.165, 1.54) is 26.4 Å². The molecule has 0 aromatic heterocycles. The molecule has 0 spiro atoms. The van der Waals surface area contributed by atoms with Crippen molar-refractivity contribution in [1.29, 1.82) is 0 Å². The number of hydrogen-bond donors (Lipinski definition) is 1. The second-order valence-corrected chi connectivity index (χ2v) is 6.60. The van der Waals surface area contributed by atoms with Crippen LogP contribution in [-0.2, 0) is 20.7 Å². The van der Waals surface area contributed by atoms with Crippen molar-refractivity contribution in [1.82, 2.24) is 0 Å². The molecule has 2 rings (SSSR count). The highest BCUT2D eigenvalue weighted by Crippen LogP contribution is 2.36. The molecule has 0 radical (unpaired) electrons. The molecule has 29 heavy (non-hydrogen) atoms. The van der Waals surface area contributed by atoms with Crippen LogP contribution in [0.15, 0.2) is 36.4 Å². The van der Waals surface area contributed by atoms with Crippen LogP contribution in [0.5, 0.6) is 11.5 Å². The van der Waals surface area contributed by atoms with E-state index in [2.05, 4.69) is 5.32 Å². The number of carbonyl (C=O) groups is 2. The van der Waals surface area contributed by atoms with Gasteiger partial charge in [-0.3, -0.25) is 4.79 Å². The molecule has 0 bridgehead atoms. The molecule has 0 fully saturated rings. The Kier molecular flexibility index (Phi) is 8.09. The number of aryl methyl sites for hydroxylation is 2. The van der Waals surface area contributed by atoms with Gasteiger partial charge in [-0.15, -0.1) is 0 Å². The fourth-order valence-corrected chi connectivity index (χ4v) is 3.06. The molecule has 0 saturated heterocycles. The lowest BCUT2D eigenvalue weighted by atomic mass is 10.1. The minimum Gasteiger partial charge on any atom is -0.493 e. The van der Waals surface area contributed by atoms with Crippen LogP contribution in [0.4, 0.5) is 5.69 Å². The third-order valence-corrected chi connectivity index (χ3v) is 4.50. The third kappa shape index (κ3) is 5.99. The van der Waals surface area contributed by atoms with Gasteiger partial charge in [0.2, 0.25) is 0 Å². The largest absolute Gasteiger partial charge is 0.493 e. The van der Waals surface area contributed by atoms with E-state index in [9.17, 15) is 9.59 Å². The highest BCUT2D eigenvalue weighted by Gasteiger charge is 2.12. The van der Waals surface area contributed by atoms with Crippen LogP contribution in [-0.4, -0.2) is 32.7 Å². The van der Waals surface area contributed by atoms with Crippen molar-refractivity contribution in [2.45, 2.75) is 20.3 Å². The molecule has 0 heterocycles. The summed E-state index contributed by atoms with van der Waals surface area (Å²) in [5.41, 5.74) is 3.36. The van der Waals surface area contributed by atoms with Crippen LogP contribution >= 0.6 is 11.6 Å². The summed E-state index contributed by atoms with van der Waals surface area (Å²) in [4.78, 5) is 24.1. The first kappa shape index (κ1) is 22.3. The van der Waals surface area contributed by atoms with Gasteiger partial charge in [-0.2, -0.15) is 0 Å². The number of ether oxygens (including phenoxy) is 3. The maximum atomic E-state index is 12.1. The van der Waals surface area contributed by atoms with Gasteiger partial charge in [0, 0.05) is 11.8 Å². The van der Waals surface area contributed by atoms with Gasteiger partial charge in [0.25, 0.3) is 5.91 Å². The molecule has 2 aromatic rings. The molecule has 1 amide bonds. The predicted molar refractivity (Wildman–Crippen MR) is 114 cm³/mol. The Balaban J connectivity index is 1.96. The fourth-order valence-electron chi connectivity index (χ4n) is 2.76. The Labute approximate surface area is 175 Å². The molecular weight excluding hydrogens is 394 g/mol. The van der Waals surface area contributed by atoms with Crippen LogP contribution in [0.1, 0.15) is 23.6 Å². The van der Waals surface area contributed by atoms with Gasteiger partial charge in [-0.25, -0.2) is 4.79 Å². The van der Waals surface area contributed by atoms with Crippen molar-refractivity contribution in [2.75, 3.05) is 26.1 Å². The lowest BCUT2D eigenvalue weighted by Crippen LogP contribution is -2.21. The van der Waals surface area contributed by atoms with Gasteiger partial charge in [-0.05, 0) is 48.2 Å². The van der Waals surface area contributed by atoms with Crippen LogP contribution in [0.2, 0.25) is 5.02 Å². The van der Waals surface area contributed by atoms with Crippen molar-refractivity contribution >= 4 is 35.2 Å². The zero-order chi connectivity index (χ0) is 21.4. The summed E-state index contributed by atoms with van der Waals surface area (Å²) < 4.78 is 15.4. The number of amides is 1. The van der Waals surface area contributed by atoms with Crippen LogP contribution in [0.25, 0.3) is 6.08 Å². The lowest BCUT2D eigenvalue weighted by Gasteiger charge is -2.12. The summed E-state index contributed by atoms with van der Waals surface area (Å²) in [6.45, 7) is 3.54. The summed E-state index contributed by atoms with van der Waals surface area (Å²) in [6.07, 6.45) is 3.52. The average molecular weight is 418 g/mol. The van der Waals surface area contributed by atoms with Gasteiger partial charge >= 0.3 is 5.97 Å². The van der Waals surface area contributed by atoms with Crippen LogP contribution < -0.4 is 14.8 Å². The second-order valence-electron chi connectivity index (χ2n) is 6.19. The van der Waals surface area contributed by atoms with E-state index in [4.69, 9.17) is 25.8 Å². The quantitative estimate of drug-likeness (QED) is 0.508. The average Bonchev–Trinajstić information content (AvgIpc) is 2.71. The van der Waals surface area contributed by atoms with Crippen LogP contribution in [0, 0.1) is 6.92 Å². The number of carbonyl (C=O) groups excluding carboxylic acids is 2. The van der Waals surface area contributed by atoms with Gasteiger partial charge < -0.3 is 19.5 Å². The number of halogens is 1. The molecule has 0 aliphatic carbocycles. The highest BCUT2D eigenvalue weighted by molar-refractivity contribution is 6.32.